The standard InChI is InChI=1S/C24H33NO6/c1-5-28-22(24(26)27)14-30-19-8-6-7-18(12-19)29-13-21-17(4)31-23(25-21)20-10-9-15(2)11-16(20)3/h9-11,18-19,22H,5-8,12-14H2,1-4H3,(H,26,27)/t18-,19?,22?/m0/s1. The van der Waals surface area contributed by atoms with Gasteiger partial charge in [-0.15, -0.1) is 0 Å². The minimum Gasteiger partial charge on any atom is -0.479 e. The van der Waals surface area contributed by atoms with Gasteiger partial charge in [0.05, 0.1) is 25.4 Å². The van der Waals surface area contributed by atoms with Gasteiger partial charge >= 0.3 is 5.97 Å². The van der Waals surface area contributed by atoms with Gasteiger partial charge in [0.25, 0.3) is 0 Å². The molecular formula is C24H33NO6. The third kappa shape index (κ3) is 6.38. The van der Waals surface area contributed by atoms with Crippen LogP contribution in [-0.4, -0.2) is 47.6 Å². The van der Waals surface area contributed by atoms with Crippen molar-refractivity contribution in [1.29, 1.82) is 0 Å². The molecule has 0 bridgehead atoms. The molecule has 3 rings (SSSR count). The van der Waals surface area contributed by atoms with Gasteiger partial charge in [-0.1, -0.05) is 17.7 Å². The molecule has 7 nitrogen and oxygen atoms in total. The molecule has 2 unspecified atom stereocenters. The van der Waals surface area contributed by atoms with Gasteiger partial charge in [-0.25, -0.2) is 9.78 Å². The summed E-state index contributed by atoms with van der Waals surface area (Å²) in [6.45, 7) is 8.59. The lowest BCUT2D eigenvalue weighted by Crippen LogP contribution is -2.34. The van der Waals surface area contributed by atoms with Crippen molar-refractivity contribution < 1.29 is 28.5 Å². The Morgan fingerprint density at radius 3 is 2.65 bits per heavy atom. The number of hydrogen-bond acceptors (Lipinski definition) is 6. The number of rotatable bonds is 10. The second kappa shape index (κ2) is 10.9. The third-order valence-corrected chi connectivity index (χ3v) is 5.67. The van der Waals surface area contributed by atoms with Gasteiger partial charge in [0.2, 0.25) is 5.89 Å². The average molecular weight is 432 g/mol. The number of nitrogens with zero attached hydrogens (tertiary/aromatic N) is 1. The van der Waals surface area contributed by atoms with Crippen LogP contribution in [0.4, 0.5) is 0 Å². The van der Waals surface area contributed by atoms with Crippen LogP contribution in [0.15, 0.2) is 22.6 Å². The maximum atomic E-state index is 11.2. The van der Waals surface area contributed by atoms with Gasteiger partial charge in [0, 0.05) is 12.2 Å². The lowest BCUT2D eigenvalue weighted by Gasteiger charge is -2.29. The maximum absolute atomic E-state index is 11.2. The summed E-state index contributed by atoms with van der Waals surface area (Å²) in [5.74, 6) is 0.389. The molecule has 0 amide bonds. The van der Waals surface area contributed by atoms with Crippen LogP contribution in [0.25, 0.3) is 11.5 Å². The second-order valence-corrected chi connectivity index (χ2v) is 8.18. The van der Waals surface area contributed by atoms with E-state index in [9.17, 15) is 9.90 Å². The molecule has 170 valence electrons. The van der Waals surface area contributed by atoms with Crippen LogP contribution in [0.3, 0.4) is 0 Å². The van der Waals surface area contributed by atoms with Crippen molar-refractivity contribution in [2.45, 2.75) is 78.3 Å². The molecule has 7 heteroatoms. The average Bonchev–Trinajstić information content (AvgIpc) is 3.10. The number of ether oxygens (including phenoxy) is 3. The molecule has 2 aromatic rings. The summed E-state index contributed by atoms with van der Waals surface area (Å²) >= 11 is 0. The van der Waals surface area contributed by atoms with Gasteiger partial charge < -0.3 is 23.7 Å². The van der Waals surface area contributed by atoms with Gasteiger partial charge in [-0.2, -0.15) is 0 Å². The van der Waals surface area contributed by atoms with E-state index in [1.165, 1.54) is 5.56 Å². The van der Waals surface area contributed by atoms with Crippen molar-refractivity contribution in [3.05, 3.63) is 40.8 Å². The first-order chi connectivity index (χ1) is 14.9. The zero-order chi connectivity index (χ0) is 22.4. The van der Waals surface area contributed by atoms with Gasteiger partial charge in [0.15, 0.2) is 6.10 Å². The zero-order valence-corrected chi connectivity index (χ0v) is 18.8. The molecule has 1 heterocycles. The first-order valence-electron chi connectivity index (χ1n) is 11.0. The van der Waals surface area contributed by atoms with Gasteiger partial charge in [0.1, 0.15) is 11.5 Å². The van der Waals surface area contributed by atoms with Gasteiger partial charge in [-0.3, -0.25) is 0 Å². The van der Waals surface area contributed by atoms with Gasteiger partial charge in [-0.05, 0) is 65.0 Å². The first kappa shape index (κ1) is 23.4. The lowest BCUT2D eigenvalue weighted by molar-refractivity contribution is -0.157. The number of carbonyl (C=O) groups is 1. The number of benzene rings is 1. The summed E-state index contributed by atoms with van der Waals surface area (Å²) in [5, 5.41) is 9.19. The van der Waals surface area contributed by atoms with Crippen molar-refractivity contribution in [1.82, 2.24) is 4.98 Å². The number of oxazole rings is 1. The number of aryl methyl sites for hydroxylation is 3. The van der Waals surface area contributed by atoms with E-state index in [1.807, 2.05) is 13.0 Å². The van der Waals surface area contributed by atoms with E-state index in [0.29, 0.717) is 19.1 Å². The fourth-order valence-corrected chi connectivity index (χ4v) is 3.95. The highest BCUT2D eigenvalue weighted by Gasteiger charge is 2.26. The molecule has 0 aliphatic heterocycles. The van der Waals surface area contributed by atoms with Crippen LogP contribution in [0.5, 0.6) is 0 Å². The Balaban J connectivity index is 1.54. The Morgan fingerprint density at radius 2 is 1.97 bits per heavy atom. The molecule has 1 aromatic carbocycles. The smallest absolute Gasteiger partial charge is 0.335 e. The van der Waals surface area contributed by atoms with E-state index >= 15 is 0 Å². The summed E-state index contributed by atoms with van der Waals surface area (Å²) in [4.78, 5) is 15.9. The maximum Gasteiger partial charge on any atom is 0.335 e. The molecule has 0 saturated heterocycles. The van der Waals surface area contributed by atoms with Crippen molar-refractivity contribution >= 4 is 5.97 Å². The molecule has 1 fully saturated rings. The molecule has 0 spiro atoms. The van der Waals surface area contributed by atoms with E-state index in [4.69, 9.17) is 18.6 Å². The van der Waals surface area contributed by atoms with Crippen molar-refractivity contribution in [2.75, 3.05) is 13.2 Å². The van der Waals surface area contributed by atoms with E-state index in [2.05, 4.69) is 31.0 Å². The molecular weight excluding hydrogens is 398 g/mol. The minimum absolute atomic E-state index is 0.0229. The van der Waals surface area contributed by atoms with E-state index < -0.39 is 12.1 Å². The molecule has 1 N–H and O–H groups in total. The van der Waals surface area contributed by atoms with Crippen LogP contribution in [0, 0.1) is 20.8 Å². The van der Waals surface area contributed by atoms with Crippen molar-refractivity contribution in [3.63, 3.8) is 0 Å². The van der Waals surface area contributed by atoms with Crippen LogP contribution >= 0.6 is 0 Å². The van der Waals surface area contributed by atoms with E-state index in [0.717, 1.165) is 48.3 Å². The molecule has 0 radical (unpaired) electrons. The quantitative estimate of drug-likeness (QED) is 0.588. The SMILES string of the molecule is CCOC(COC1CCC[C@H](OCc2nc(-c3ccc(C)cc3C)oc2C)C1)C(=O)O. The number of hydrogen-bond donors (Lipinski definition) is 1. The molecule has 1 aliphatic rings. The largest absolute Gasteiger partial charge is 0.479 e. The highest BCUT2D eigenvalue weighted by atomic mass is 16.6. The Labute approximate surface area is 183 Å². The fourth-order valence-electron chi connectivity index (χ4n) is 3.95. The number of aliphatic carboxylic acids is 1. The monoisotopic (exact) mass is 431 g/mol. The molecule has 3 atom stereocenters. The summed E-state index contributed by atoms with van der Waals surface area (Å²) in [6.07, 6.45) is 2.67. The normalized spacial score (nSPS) is 20.0. The number of carboxylic acid groups (broad SMARTS) is 1. The Kier molecular flexibility index (Phi) is 8.23. The van der Waals surface area contributed by atoms with E-state index in [-0.39, 0.29) is 18.8 Å². The number of carboxylic acids is 1. The second-order valence-electron chi connectivity index (χ2n) is 8.18. The van der Waals surface area contributed by atoms with Crippen molar-refractivity contribution in [3.8, 4) is 11.5 Å². The molecule has 31 heavy (non-hydrogen) atoms. The van der Waals surface area contributed by atoms with Crippen LogP contribution < -0.4 is 0 Å². The fraction of sp³-hybridized carbons (Fsp3) is 0.583. The third-order valence-electron chi connectivity index (χ3n) is 5.67. The Morgan fingerprint density at radius 1 is 1.23 bits per heavy atom. The topological polar surface area (TPSA) is 91.0 Å². The van der Waals surface area contributed by atoms with Crippen LogP contribution in [-0.2, 0) is 25.6 Å². The lowest BCUT2D eigenvalue weighted by atomic mass is 9.95. The van der Waals surface area contributed by atoms with Crippen LogP contribution in [0.2, 0.25) is 0 Å². The first-order valence-corrected chi connectivity index (χ1v) is 11.0. The van der Waals surface area contributed by atoms with E-state index in [1.54, 1.807) is 6.92 Å². The highest BCUT2D eigenvalue weighted by molar-refractivity contribution is 5.72. The summed E-state index contributed by atoms with van der Waals surface area (Å²) in [7, 11) is 0. The predicted molar refractivity (Wildman–Crippen MR) is 116 cm³/mol. The summed E-state index contributed by atoms with van der Waals surface area (Å²) in [6, 6.07) is 6.21. The molecule has 1 saturated carbocycles. The minimum atomic E-state index is -0.994. The highest BCUT2D eigenvalue weighted by Crippen LogP contribution is 2.28. The van der Waals surface area contributed by atoms with Crippen LogP contribution in [0.1, 0.15) is 55.2 Å². The Bertz CT molecular complexity index is 877. The zero-order valence-electron chi connectivity index (χ0n) is 18.8. The Hall–Kier alpha value is -2.22. The molecule has 1 aliphatic carbocycles. The summed E-state index contributed by atoms with van der Waals surface area (Å²) < 4.78 is 23.1. The number of aromatic nitrogens is 1. The molecule has 1 aromatic heterocycles. The summed E-state index contributed by atoms with van der Waals surface area (Å²) in [5.41, 5.74) is 4.14. The predicted octanol–water partition coefficient (Wildman–Crippen LogP) is 4.60. The van der Waals surface area contributed by atoms with Crippen molar-refractivity contribution in [2.24, 2.45) is 0 Å².